The molecule has 0 heterocycles. The Kier molecular flexibility index (Phi) is 5.43. The number of allylic oxidation sites excluding steroid dienone is 2. The molecule has 2 aliphatic carbocycles. The van der Waals surface area contributed by atoms with Crippen molar-refractivity contribution in [1.82, 2.24) is 0 Å². The molecule has 2 heteroatoms. The molecule has 0 radical (unpaired) electrons. The van der Waals surface area contributed by atoms with Crippen molar-refractivity contribution < 1.29 is 21.3 Å². The predicted octanol–water partition coefficient (Wildman–Crippen LogP) is 7.17. The first-order chi connectivity index (χ1) is 13.2. The molecule has 0 aliphatic heterocycles. The van der Waals surface area contributed by atoms with E-state index in [9.17, 15) is 0 Å². The van der Waals surface area contributed by atoms with Crippen molar-refractivity contribution in [3.8, 4) is 11.1 Å². The molecule has 0 nitrogen and oxygen atoms in total. The molecular formula is C26H25ClZr. The van der Waals surface area contributed by atoms with Gasteiger partial charge in [0.15, 0.2) is 0 Å². The number of benzene rings is 3. The first-order valence-electron chi connectivity index (χ1n) is 9.80. The number of halogens is 1. The molecule has 2 aliphatic rings. The van der Waals surface area contributed by atoms with Gasteiger partial charge in [-0.25, -0.2) is 0 Å². The number of hydrogen-bond donors (Lipinski definition) is 0. The number of fused-ring (bicyclic) bond motifs is 4. The summed E-state index contributed by atoms with van der Waals surface area (Å²) in [6, 6.07) is 27.4. The van der Waals surface area contributed by atoms with Crippen LogP contribution in [0.5, 0.6) is 0 Å². The van der Waals surface area contributed by atoms with Crippen molar-refractivity contribution in [1.29, 1.82) is 0 Å². The smallest absolute Gasteiger partial charge is 0.147 e. The van der Waals surface area contributed by atoms with Crippen LogP contribution in [-0.4, -0.2) is 3.21 Å². The van der Waals surface area contributed by atoms with Crippen LogP contribution < -0.4 is 0 Å². The van der Waals surface area contributed by atoms with Gasteiger partial charge < -0.3 is 0 Å². The van der Waals surface area contributed by atoms with Crippen molar-refractivity contribution >= 4 is 21.2 Å². The summed E-state index contributed by atoms with van der Waals surface area (Å²) in [5.41, 5.74) is 10.6. The largest absolute Gasteiger partial charge is 0.147 e. The molecule has 0 amide bonds. The van der Waals surface area contributed by atoms with Crippen molar-refractivity contribution in [2.24, 2.45) is 0 Å². The Morgan fingerprint density at radius 2 is 1.14 bits per heavy atom. The molecule has 0 fully saturated rings. The molecule has 28 heavy (non-hydrogen) atoms. The standard InChI is InChI=1S/C13H9.C10H9.C3H6.ClH.Zr/c1-3-7-12-10(5-1)9-11-6-2-4-8-13(11)12;1-8-6-7-9-4-2-3-5-10(8)9;1-3-2;;/h1-9H;2-7H,1H3;1-2H3;1H;. The van der Waals surface area contributed by atoms with Crippen LogP contribution in [0.2, 0.25) is 0 Å². The summed E-state index contributed by atoms with van der Waals surface area (Å²) >= 11 is -2.06. The van der Waals surface area contributed by atoms with E-state index in [1.54, 1.807) is 19.9 Å². The molecule has 0 bridgehead atoms. The third-order valence-corrected chi connectivity index (χ3v) is 14.9. The Balaban J connectivity index is 0.00000192. The number of hydrogen-bond acceptors (Lipinski definition) is 0. The molecule has 3 aromatic carbocycles. The third-order valence-electron chi connectivity index (χ3n) is 6.19. The van der Waals surface area contributed by atoms with Gasteiger partial charge in [0.05, 0.1) is 0 Å². The second-order valence-electron chi connectivity index (χ2n) is 7.98. The van der Waals surface area contributed by atoms with Gasteiger partial charge in [-0.2, -0.15) is 0 Å². The van der Waals surface area contributed by atoms with E-state index < -0.39 is 21.3 Å². The minimum absolute atomic E-state index is 0. The van der Waals surface area contributed by atoms with Crippen LogP contribution >= 0.6 is 12.4 Å². The van der Waals surface area contributed by atoms with Crippen LogP contribution in [0.3, 0.4) is 0 Å². The quantitative estimate of drug-likeness (QED) is 0.378. The van der Waals surface area contributed by atoms with Gasteiger partial charge in [-0.3, -0.25) is 0 Å². The summed E-state index contributed by atoms with van der Waals surface area (Å²) in [5, 5.41) is 0. The number of rotatable bonds is 2. The maximum absolute atomic E-state index is 2.59. The summed E-state index contributed by atoms with van der Waals surface area (Å²) in [7, 11) is 0. The first-order valence-corrected chi connectivity index (χ1v) is 13.9. The monoisotopic (exact) mass is 462 g/mol. The first kappa shape index (κ1) is 19.7. The van der Waals surface area contributed by atoms with Gasteiger partial charge >= 0.3 is 170 Å². The van der Waals surface area contributed by atoms with E-state index in [0.29, 0.717) is 7.25 Å². The molecule has 5 rings (SSSR count). The molecule has 0 spiro atoms. The van der Waals surface area contributed by atoms with Crippen LogP contribution in [0.4, 0.5) is 0 Å². The molecule has 0 N–H and O–H groups in total. The minimum atomic E-state index is -2.06. The van der Waals surface area contributed by atoms with Crippen LogP contribution in [0, 0.1) is 0 Å². The third kappa shape index (κ3) is 2.95. The molecule has 1 unspecified atom stereocenters. The zero-order valence-corrected chi connectivity index (χ0v) is 19.8. The van der Waals surface area contributed by atoms with E-state index in [1.165, 1.54) is 22.3 Å². The molecule has 3 aromatic rings. The van der Waals surface area contributed by atoms with E-state index in [0.717, 1.165) is 0 Å². The molecule has 0 saturated heterocycles. The van der Waals surface area contributed by atoms with Crippen LogP contribution in [0.25, 0.3) is 16.7 Å². The average Bonchev–Trinajstić information content (AvgIpc) is 3.19. The van der Waals surface area contributed by atoms with E-state index in [-0.39, 0.29) is 12.4 Å². The van der Waals surface area contributed by atoms with E-state index >= 15 is 0 Å². The van der Waals surface area contributed by atoms with E-state index in [4.69, 9.17) is 0 Å². The fourth-order valence-electron chi connectivity index (χ4n) is 5.08. The Labute approximate surface area is 181 Å². The van der Waals surface area contributed by atoms with Gasteiger partial charge in [0.2, 0.25) is 0 Å². The van der Waals surface area contributed by atoms with Crippen molar-refractivity contribution in [3.05, 3.63) is 101 Å². The van der Waals surface area contributed by atoms with Gasteiger partial charge in [0.25, 0.3) is 0 Å². The Morgan fingerprint density at radius 3 is 1.68 bits per heavy atom. The fourth-order valence-corrected chi connectivity index (χ4v) is 14.3. The van der Waals surface area contributed by atoms with Gasteiger partial charge in [0.1, 0.15) is 0 Å². The van der Waals surface area contributed by atoms with E-state index in [1.807, 2.05) is 0 Å². The van der Waals surface area contributed by atoms with Crippen molar-refractivity contribution in [2.75, 3.05) is 0 Å². The molecule has 1 atom stereocenters. The Bertz CT molecular complexity index is 1070. The SMILES string of the molecule is CC1=C[CH]([Zr](=[C](C)C)[CH]2c3ccccc3-c3ccccc32)c2ccccc21.Cl. The topological polar surface area (TPSA) is 0 Å². The van der Waals surface area contributed by atoms with Gasteiger partial charge in [-0.1, -0.05) is 0 Å². The minimum Gasteiger partial charge on any atom is -0.147 e. The predicted molar refractivity (Wildman–Crippen MR) is 120 cm³/mol. The fraction of sp³-hybridized carbons (Fsp3) is 0.192. The Hall–Kier alpha value is -1.56. The normalized spacial score (nSPS) is 16.5. The van der Waals surface area contributed by atoms with Gasteiger partial charge in [-0.05, 0) is 0 Å². The van der Waals surface area contributed by atoms with E-state index in [2.05, 4.69) is 99.6 Å². The summed E-state index contributed by atoms with van der Waals surface area (Å²) in [5.74, 6) is 0. The summed E-state index contributed by atoms with van der Waals surface area (Å²) in [6.07, 6.45) is 2.59. The second kappa shape index (κ2) is 7.70. The van der Waals surface area contributed by atoms with Crippen LogP contribution in [0.15, 0.2) is 78.9 Å². The summed E-state index contributed by atoms with van der Waals surface area (Å²) in [4.78, 5) is 0. The zero-order valence-electron chi connectivity index (χ0n) is 16.6. The summed E-state index contributed by atoms with van der Waals surface area (Å²) < 4.78 is 2.96. The van der Waals surface area contributed by atoms with Crippen molar-refractivity contribution in [3.63, 3.8) is 0 Å². The molecule has 140 valence electrons. The zero-order chi connectivity index (χ0) is 18.5. The van der Waals surface area contributed by atoms with Gasteiger partial charge in [0, 0.05) is 0 Å². The van der Waals surface area contributed by atoms with Crippen LogP contribution in [-0.2, 0) is 21.3 Å². The van der Waals surface area contributed by atoms with Gasteiger partial charge in [-0.15, -0.1) is 12.4 Å². The second-order valence-corrected chi connectivity index (χ2v) is 15.6. The van der Waals surface area contributed by atoms with Crippen LogP contribution in [0.1, 0.15) is 50.3 Å². The van der Waals surface area contributed by atoms with Crippen molar-refractivity contribution in [2.45, 2.75) is 28.0 Å². The maximum atomic E-state index is 2.59. The molecule has 0 saturated carbocycles. The molecular weight excluding hydrogens is 439 g/mol. The summed E-state index contributed by atoms with van der Waals surface area (Å²) in [6.45, 7) is 7.10. The average molecular weight is 464 g/mol. The Morgan fingerprint density at radius 1 is 0.679 bits per heavy atom. The maximum Gasteiger partial charge on any atom is -0.147 e. The molecule has 0 aromatic heterocycles.